The third-order valence-corrected chi connectivity index (χ3v) is 4.38. The van der Waals surface area contributed by atoms with Crippen molar-refractivity contribution in [2.45, 2.75) is 33.4 Å². The SMILES string of the molecule is CCn1cc(C(=O)N[C@@H](C(=O)O)C(C)C)c(=O)c2cc3c(cc21)OCO3. The van der Waals surface area contributed by atoms with Gasteiger partial charge in [0, 0.05) is 18.8 Å². The fraction of sp³-hybridized carbons (Fsp3) is 0.389. The number of ether oxygens (including phenoxy) is 2. The third kappa shape index (κ3) is 2.98. The Morgan fingerprint density at radius 1 is 1.27 bits per heavy atom. The summed E-state index contributed by atoms with van der Waals surface area (Å²) < 4.78 is 12.4. The quantitative estimate of drug-likeness (QED) is 0.839. The molecule has 138 valence electrons. The molecule has 0 aliphatic carbocycles. The number of carbonyl (C=O) groups excluding carboxylic acids is 1. The molecule has 2 aromatic rings. The molecule has 26 heavy (non-hydrogen) atoms. The Morgan fingerprint density at radius 3 is 2.50 bits per heavy atom. The molecular weight excluding hydrogens is 340 g/mol. The number of carboxylic acids is 1. The van der Waals surface area contributed by atoms with Crippen molar-refractivity contribution >= 4 is 22.8 Å². The predicted molar refractivity (Wildman–Crippen MR) is 93.7 cm³/mol. The summed E-state index contributed by atoms with van der Waals surface area (Å²) in [4.78, 5) is 36.8. The summed E-state index contributed by atoms with van der Waals surface area (Å²) in [5, 5.41) is 12.0. The van der Waals surface area contributed by atoms with E-state index < -0.39 is 23.3 Å². The van der Waals surface area contributed by atoms with Gasteiger partial charge in [0.15, 0.2) is 11.5 Å². The maximum Gasteiger partial charge on any atom is 0.326 e. The van der Waals surface area contributed by atoms with E-state index in [-0.39, 0.29) is 18.3 Å². The van der Waals surface area contributed by atoms with Crippen molar-refractivity contribution in [2.24, 2.45) is 5.92 Å². The van der Waals surface area contributed by atoms with Crippen molar-refractivity contribution in [3.63, 3.8) is 0 Å². The van der Waals surface area contributed by atoms with Crippen molar-refractivity contribution < 1.29 is 24.2 Å². The Labute approximate surface area is 149 Å². The second-order valence-corrected chi connectivity index (χ2v) is 6.41. The van der Waals surface area contributed by atoms with Crippen molar-refractivity contribution in [3.05, 3.63) is 34.1 Å². The number of rotatable bonds is 5. The molecule has 0 unspecified atom stereocenters. The molecular formula is C18H20N2O6. The smallest absolute Gasteiger partial charge is 0.326 e. The van der Waals surface area contributed by atoms with Gasteiger partial charge < -0.3 is 24.5 Å². The van der Waals surface area contributed by atoms with Gasteiger partial charge in [-0.25, -0.2) is 4.79 Å². The Bertz CT molecular complexity index is 947. The number of carboxylic acid groups (broad SMARTS) is 1. The molecule has 3 rings (SSSR count). The number of nitrogens with one attached hydrogen (secondary N) is 1. The monoisotopic (exact) mass is 360 g/mol. The van der Waals surface area contributed by atoms with E-state index in [0.29, 0.717) is 28.9 Å². The van der Waals surface area contributed by atoms with Gasteiger partial charge in [-0.2, -0.15) is 0 Å². The van der Waals surface area contributed by atoms with E-state index in [4.69, 9.17) is 9.47 Å². The van der Waals surface area contributed by atoms with Gasteiger partial charge in [0.1, 0.15) is 11.6 Å². The van der Waals surface area contributed by atoms with Crippen LogP contribution in [0.3, 0.4) is 0 Å². The van der Waals surface area contributed by atoms with Gasteiger partial charge in [-0.05, 0) is 18.9 Å². The second kappa shape index (κ2) is 6.70. The van der Waals surface area contributed by atoms with E-state index in [1.807, 2.05) is 6.92 Å². The molecule has 1 amide bonds. The van der Waals surface area contributed by atoms with Gasteiger partial charge in [-0.1, -0.05) is 13.8 Å². The number of benzene rings is 1. The largest absolute Gasteiger partial charge is 0.480 e. The second-order valence-electron chi connectivity index (χ2n) is 6.41. The van der Waals surface area contributed by atoms with E-state index >= 15 is 0 Å². The molecule has 1 aliphatic heterocycles. The van der Waals surface area contributed by atoms with E-state index in [0.717, 1.165) is 0 Å². The molecule has 2 N–H and O–H groups in total. The van der Waals surface area contributed by atoms with Crippen LogP contribution < -0.4 is 20.2 Å². The Kier molecular flexibility index (Phi) is 4.58. The molecule has 0 radical (unpaired) electrons. The van der Waals surface area contributed by atoms with Gasteiger partial charge in [0.2, 0.25) is 12.2 Å². The van der Waals surface area contributed by atoms with Gasteiger partial charge in [0.05, 0.1) is 10.9 Å². The number of amides is 1. The molecule has 0 fully saturated rings. The maximum absolute atomic E-state index is 12.8. The van der Waals surface area contributed by atoms with Gasteiger partial charge in [0.25, 0.3) is 5.91 Å². The first-order valence-electron chi connectivity index (χ1n) is 8.34. The Morgan fingerprint density at radius 2 is 1.92 bits per heavy atom. The highest BCUT2D eigenvalue weighted by Crippen LogP contribution is 2.35. The summed E-state index contributed by atoms with van der Waals surface area (Å²) in [6, 6.07) is 2.18. The lowest BCUT2D eigenvalue weighted by molar-refractivity contribution is -0.140. The van der Waals surface area contributed by atoms with Crippen molar-refractivity contribution in [1.29, 1.82) is 0 Å². The molecule has 8 heteroatoms. The van der Waals surface area contributed by atoms with Crippen LogP contribution in [0.4, 0.5) is 0 Å². The minimum atomic E-state index is -1.15. The molecule has 0 bridgehead atoms. The summed E-state index contributed by atoms with van der Waals surface area (Å²) in [6.07, 6.45) is 1.45. The average Bonchev–Trinajstić information content (AvgIpc) is 3.05. The predicted octanol–water partition coefficient (Wildman–Crippen LogP) is 1.59. The van der Waals surface area contributed by atoms with Gasteiger partial charge in [-0.3, -0.25) is 9.59 Å². The van der Waals surface area contributed by atoms with E-state index in [2.05, 4.69) is 5.32 Å². The molecule has 0 saturated carbocycles. The maximum atomic E-state index is 12.8. The molecule has 0 spiro atoms. The molecule has 8 nitrogen and oxygen atoms in total. The Hall–Kier alpha value is -3.03. The number of hydrogen-bond donors (Lipinski definition) is 2. The van der Waals surface area contributed by atoms with Crippen LogP contribution in [0.25, 0.3) is 10.9 Å². The van der Waals surface area contributed by atoms with Crippen LogP contribution in [0.15, 0.2) is 23.1 Å². The third-order valence-electron chi connectivity index (χ3n) is 4.38. The standard InChI is InChI=1S/C18H20N2O6/c1-4-20-7-11(17(22)19-15(9(2)3)18(23)24)16(21)10-5-13-14(6-12(10)20)26-8-25-13/h5-7,9,15H,4,8H2,1-3H3,(H,19,22)(H,23,24)/t15-/m1/s1. The summed E-state index contributed by atoms with van der Waals surface area (Å²) in [7, 11) is 0. The average molecular weight is 360 g/mol. The zero-order valence-electron chi connectivity index (χ0n) is 14.7. The lowest BCUT2D eigenvalue weighted by Crippen LogP contribution is -2.45. The number of hydrogen-bond acceptors (Lipinski definition) is 5. The summed E-state index contributed by atoms with van der Waals surface area (Å²) in [6.45, 7) is 5.84. The lowest BCUT2D eigenvalue weighted by Gasteiger charge is -2.18. The topological polar surface area (TPSA) is 107 Å². The zero-order valence-corrected chi connectivity index (χ0v) is 14.7. The molecule has 2 heterocycles. The van der Waals surface area contributed by atoms with Crippen LogP contribution in [-0.2, 0) is 11.3 Å². The van der Waals surface area contributed by atoms with E-state index in [1.54, 1.807) is 30.5 Å². The minimum Gasteiger partial charge on any atom is -0.480 e. The number of fused-ring (bicyclic) bond motifs is 2. The molecule has 1 aromatic heterocycles. The summed E-state index contributed by atoms with van der Waals surface area (Å²) >= 11 is 0. The number of pyridine rings is 1. The van der Waals surface area contributed by atoms with Crippen LogP contribution >= 0.6 is 0 Å². The number of aromatic nitrogens is 1. The molecule has 1 aliphatic rings. The molecule has 0 saturated heterocycles. The number of aryl methyl sites for hydroxylation is 1. The number of aliphatic carboxylic acids is 1. The normalized spacial score (nSPS) is 13.8. The lowest BCUT2D eigenvalue weighted by atomic mass is 10.0. The van der Waals surface area contributed by atoms with Crippen molar-refractivity contribution in [1.82, 2.24) is 9.88 Å². The van der Waals surface area contributed by atoms with Crippen molar-refractivity contribution in [3.8, 4) is 11.5 Å². The summed E-state index contributed by atoms with van der Waals surface area (Å²) in [5.74, 6) is -1.19. The van der Waals surface area contributed by atoms with Gasteiger partial charge in [-0.15, -0.1) is 0 Å². The first-order chi connectivity index (χ1) is 12.3. The van der Waals surface area contributed by atoms with Crippen LogP contribution in [0, 0.1) is 5.92 Å². The fourth-order valence-electron chi connectivity index (χ4n) is 2.94. The van der Waals surface area contributed by atoms with Crippen LogP contribution in [-0.4, -0.2) is 34.4 Å². The first kappa shape index (κ1) is 17.8. The fourth-order valence-corrected chi connectivity index (χ4v) is 2.94. The molecule has 1 aromatic carbocycles. The van der Waals surface area contributed by atoms with Gasteiger partial charge >= 0.3 is 5.97 Å². The first-order valence-corrected chi connectivity index (χ1v) is 8.34. The van der Waals surface area contributed by atoms with Crippen molar-refractivity contribution in [2.75, 3.05) is 6.79 Å². The number of carbonyl (C=O) groups is 2. The molecule has 1 atom stereocenters. The zero-order chi connectivity index (χ0) is 19.0. The highest BCUT2D eigenvalue weighted by Gasteiger charge is 2.26. The highest BCUT2D eigenvalue weighted by atomic mass is 16.7. The van der Waals surface area contributed by atoms with Crippen LogP contribution in [0.1, 0.15) is 31.1 Å². The minimum absolute atomic E-state index is 0.0774. The van der Waals surface area contributed by atoms with E-state index in [9.17, 15) is 19.5 Å². The summed E-state index contributed by atoms with van der Waals surface area (Å²) in [5.41, 5.74) is 0.0375. The van der Waals surface area contributed by atoms with Crippen LogP contribution in [0.2, 0.25) is 0 Å². The van der Waals surface area contributed by atoms with Crippen LogP contribution in [0.5, 0.6) is 11.5 Å². The Balaban J connectivity index is 2.10. The number of nitrogens with zero attached hydrogens (tertiary/aromatic N) is 1. The highest BCUT2D eigenvalue weighted by molar-refractivity contribution is 5.99. The van der Waals surface area contributed by atoms with E-state index in [1.165, 1.54) is 6.20 Å².